The average Bonchev–Trinajstić information content (AvgIpc) is 3.47. The molecule has 2 atom stereocenters. The number of carbonyl (C=O) groups excluding carboxylic acids is 1. The molecule has 1 aliphatic heterocycles. The Morgan fingerprint density at radius 1 is 1.10 bits per heavy atom. The summed E-state index contributed by atoms with van der Waals surface area (Å²) in [5.74, 6) is 1.10. The van der Waals surface area contributed by atoms with Crippen molar-refractivity contribution >= 4 is 29.0 Å². The number of fused-ring (bicyclic) bond motifs is 1. The van der Waals surface area contributed by atoms with Crippen molar-refractivity contribution < 1.29 is 23.7 Å². The van der Waals surface area contributed by atoms with E-state index in [-0.39, 0.29) is 18.6 Å². The molecule has 0 bridgehead atoms. The molecular formula is C38H45ClN4O5. The summed E-state index contributed by atoms with van der Waals surface area (Å²) in [6, 6.07) is 15.6. The monoisotopic (exact) mass is 672 g/mol. The molecule has 48 heavy (non-hydrogen) atoms. The molecule has 1 aliphatic rings. The Morgan fingerprint density at radius 2 is 1.85 bits per heavy atom. The summed E-state index contributed by atoms with van der Waals surface area (Å²) in [5.41, 5.74) is 4.63. The molecule has 4 aromatic rings. The van der Waals surface area contributed by atoms with Gasteiger partial charge in [-0.05, 0) is 70.9 Å². The van der Waals surface area contributed by atoms with Crippen LogP contribution in [0.3, 0.4) is 0 Å². The van der Waals surface area contributed by atoms with E-state index in [1.54, 1.807) is 12.2 Å². The second-order valence-corrected chi connectivity index (χ2v) is 13.7. The lowest BCUT2D eigenvalue weighted by Gasteiger charge is -2.47. The number of aromatic nitrogens is 3. The second-order valence-electron chi connectivity index (χ2n) is 13.3. The van der Waals surface area contributed by atoms with Gasteiger partial charge in [0.2, 0.25) is 0 Å². The summed E-state index contributed by atoms with van der Waals surface area (Å²) in [6.07, 6.45) is 4.48. The van der Waals surface area contributed by atoms with Gasteiger partial charge in [-0.15, -0.1) is 6.58 Å². The number of halogens is 1. The Labute approximate surface area is 288 Å². The van der Waals surface area contributed by atoms with Crippen LogP contribution in [-0.2, 0) is 25.4 Å². The van der Waals surface area contributed by atoms with E-state index < -0.39 is 11.2 Å². The van der Waals surface area contributed by atoms with Gasteiger partial charge < -0.3 is 23.8 Å². The third-order valence-corrected chi connectivity index (χ3v) is 8.58. The van der Waals surface area contributed by atoms with Gasteiger partial charge in [0.05, 0.1) is 37.0 Å². The topological polar surface area (TPSA) is 87.4 Å². The minimum Gasteiger partial charge on any atom is -0.489 e. The van der Waals surface area contributed by atoms with Crippen molar-refractivity contribution in [2.45, 2.75) is 71.3 Å². The number of hydrogen-bond donors (Lipinski definition) is 0. The van der Waals surface area contributed by atoms with Crippen LogP contribution < -0.4 is 9.64 Å². The van der Waals surface area contributed by atoms with Crippen molar-refractivity contribution in [3.63, 3.8) is 0 Å². The molecule has 0 spiro atoms. The second kappa shape index (κ2) is 14.5. The third kappa shape index (κ3) is 7.92. The maximum absolute atomic E-state index is 12.8. The van der Waals surface area contributed by atoms with E-state index in [4.69, 9.17) is 40.6 Å². The predicted octanol–water partition coefficient (Wildman–Crippen LogP) is 8.01. The summed E-state index contributed by atoms with van der Waals surface area (Å²) < 4.78 is 25.9. The molecule has 1 saturated heterocycles. The first kappa shape index (κ1) is 35.1. The predicted molar refractivity (Wildman–Crippen MR) is 191 cm³/mol. The van der Waals surface area contributed by atoms with Crippen LogP contribution in [0.25, 0.3) is 28.0 Å². The van der Waals surface area contributed by atoms with Crippen molar-refractivity contribution in [1.82, 2.24) is 14.6 Å². The van der Waals surface area contributed by atoms with Gasteiger partial charge in [-0.2, -0.15) is 9.61 Å². The molecule has 0 amide bonds. The molecule has 0 saturated carbocycles. The molecule has 2 unspecified atom stereocenters. The molecule has 2 aromatic heterocycles. The van der Waals surface area contributed by atoms with E-state index in [9.17, 15) is 4.79 Å². The van der Waals surface area contributed by atoms with Crippen molar-refractivity contribution in [2.24, 2.45) is 0 Å². The fourth-order valence-corrected chi connectivity index (χ4v) is 6.25. The number of benzene rings is 2. The standard InChI is InChI=1S/C38H45ClN4O5/c1-9-18-46-32-15-14-28(39)21-30(32)26-12-11-13-27(20-26)31-23-33-40-25(3)29(22-35(44)45-8)36(43(33)41-31)42-17-16-38(7,47-19-10-2)24-34(42)48-37(4,5)6/h9-15,20-21,23,34H,1-2,16-19,22,24H2,3-8H3. The van der Waals surface area contributed by atoms with Crippen LogP contribution in [-0.4, -0.2) is 64.9 Å². The van der Waals surface area contributed by atoms with Gasteiger partial charge in [-0.1, -0.05) is 48.5 Å². The summed E-state index contributed by atoms with van der Waals surface area (Å²) >= 11 is 6.41. The van der Waals surface area contributed by atoms with Crippen LogP contribution in [0, 0.1) is 6.92 Å². The number of carbonyl (C=O) groups is 1. The number of methoxy groups -OCH3 is 1. The van der Waals surface area contributed by atoms with Crippen LogP contribution in [0.1, 0.15) is 51.8 Å². The lowest BCUT2D eigenvalue weighted by atomic mass is 9.91. The number of hydrogen-bond acceptors (Lipinski definition) is 8. The number of ether oxygens (including phenoxy) is 4. The third-order valence-electron chi connectivity index (χ3n) is 8.34. The molecule has 1 fully saturated rings. The molecule has 10 heteroatoms. The summed E-state index contributed by atoms with van der Waals surface area (Å²) in [6.45, 7) is 19.2. The molecule has 5 rings (SSSR count). The Bertz CT molecular complexity index is 1810. The van der Waals surface area contributed by atoms with Gasteiger partial charge in [0.1, 0.15) is 24.4 Å². The van der Waals surface area contributed by atoms with Crippen LogP contribution in [0.5, 0.6) is 5.75 Å². The van der Waals surface area contributed by atoms with E-state index >= 15 is 0 Å². The van der Waals surface area contributed by atoms with Crippen LogP contribution in [0.4, 0.5) is 5.82 Å². The minimum atomic E-state index is -0.451. The number of esters is 1. The van der Waals surface area contributed by atoms with Crippen molar-refractivity contribution in [3.8, 4) is 28.1 Å². The quantitative estimate of drug-likeness (QED) is 0.111. The van der Waals surface area contributed by atoms with Crippen molar-refractivity contribution in [3.05, 3.63) is 90.1 Å². The number of nitrogens with zero attached hydrogens (tertiary/aromatic N) is 4. The Morgan fingerprint density at radius 3 is 2.56 bits per heavy atom. The highest BCUT2D eigenvalue weighted by atomic mass is 35.5. The summed E-state index contributed by atoms with van der Waals surface area (Å²) in [4.78, 5) is 19.9. The van der Waals surface area contributed by atoms with Gasteiger partial charge in [0.25, 0.3) is 0 Å². The number of aryl methyl sites for hydroxylation is 1. The zero-order valence-electron chi connectivity index (χ0n) is 28.7. The summed E-state index contributed by atoms with van der Waals surface area (Å²) in [7, 11) is 1.39. The molecular weight excluding hydrogens is 628 g/mol. The van der Waals surface area contributed by atoms with E-state index in [2.05, 4.69) is 31.0 Å². The molecule has 0 aliphatic carbocycles. The van der Waals surface area contributed by atoms with Crippen LogP contribution in [0.15, 0.2) is 73.8 Å². The SMILES string of the molecule is C=CCOc1ccc(Cl)cc1-c1cccc(-c2cc3nc(C)c(CC(=O)OC)c(N4CCC(C)(OCC=C)CC4OC(C)(C)C)n3n2)c1. The van der Waals surface area contributed by atoms with Gasteiger partial charge in [-0.3, -0.25) is 4.79 Å². The minimum absolute atomic E-state index is 0.0382. The Hall–Kier alpha value is -4.18. The van der Waals surface area contributed by atoms with Crippen LogP contribution >= 0.6 is 11.6 Å². The smallest absolute Gasteiger partial charge is 0.310 e. The first-order valence-electron chi connectivity index (χ1n) is 16.1. The van der Waals surface area contributed by atoms with Gasteiger partial charge in [0, 0.05) is 46.4 Å². The highest BCUT2D eigenvalue weighted by Gasteiger charge is 2.41. The fourth-order valence-electron chi connectivity index (χ4n) is 6.07. The number of piperidine rings is 1. The van der Waals surface area contributed by atoms with Crippen molar-refractivity contribution in [1.29, 1.82) is 0 Å². The van der Waals surface area contributed by atoms with E-state index in [1.807, 2.05) is 74.7 Å². The van der Waals surface area contributed by atoms with E-state index in [1.165, 1.54) is 7.11 Å². The van der Waals surface area contributed by atoms with E-state index in [0.717, 1.165) is 45.9 Å². The summed E-state index contributed by atoms with van der Waals surface area (Å²) in [5, 5.41) is 5.73. The molecule has 254 valence electrons. The molecule has 2 aromatic carbocycles. The highest BCUT2D eigenvalue weighted by molar-refractivity contribution is 6.31. The van der Waals surface area contributed by atoms with Crippen LogP contribution in [0.2, 0.25) is 5.02 Å². The molecule has 0 N–H and O–H groups in total. The Kier molecular flexibility index (Phi) is 10.6. The highest BCUT2D eigenvalue weighted by Crippen LogP contribution is 2.39. The lowest BCUT2D eigenvalue weighted by Crippen LogP contribution is -2.54. The lowest BCUT2D eigenvalue weighted by molar-refractivity contribution is -0.140. The molecule has 0 radical (unpaired) electrons. The zero-order chi connectivity index (χ0) is 34.6. The fraction of sp³-hybridized carbons (Fsp3) is 0.395. The Balaban J connectivity index is 1.65. The molecule has 3 heterocycles. The number of rotatable bonds is 12. The largest absolute Gasteiger partial charge is 0.489 e. The maximum Gasteiger partial charge on any atom is 0.310 e. The zero-order valence-corrected chi connectivity index (χ0v) is 29.5. The average molecular weight is 673 g/mol. The molecule has 9 nitrogen and oxygen atoms in total. The first-order chi connectivity index (χ1) is 22.8. The van der Waals surface area contributed by atoms with E-state index in [0.29, 0.717) is 42.6 Å². The first-order valence-corrected chi connectivity index (χ1v) is 16.5. The number of anilines is 1. The van der Waals surface area contributed by atoms with Gasteiger partial charge >= 0.3 is 5.97 Å². The van der Waals surface area contributed by atoms with Gasteiger partial charge in [0.15, 0.2) is 5.65 Å². The maximum atomic E-state index is 12.8. The van der Waals surface area contributed by atoms with Gasteiger partial charge in [-0.25, -0.2) is 4.98 Å². The normalized spacial score (nSPS) is 18.1. The van der Waals surface area contributed by atoms with Crippen molar-refractivity contribution in [2.75, 3.05) is 31.8 Å².